The molecule has 0 spiro atoms. The Labute approximate surface area is 133 Å². The number of nitrogens with one attached hydrogen (secondary N) is 1. The predicted molar refractivity (Wildman–Crippen MR) is 89.2 cm³/mol. The van der Waals surface area contributed by atoms with Crippen LogP contribution in [-0.4, -0.2) is 31.7 Å². The number of hydrogen-bond acceptors (Lipinski definition) is 3. The van der Waals surface area contributed by atoms with E-state index in [0.29, 0.717) is 18.0 Å². The van der Waals surface area contributed by atoms with Crippen molar-refractivity contribution in [2.75, 3.05) is 12.4 Å². The van der Waals surface area contributed by atoms with Gasteiger partial charge in [-0.05, 0) is 50.5 Å². The van der Waals surface area contributed by atoms with Gasteiger partial charge in [-0.3, -0.25) is 4.79 Å². The third-order valence-corrected chi connectivity index (χ3v) is 5.54. The first kappa shape index (κ1) is 18.6. The van der Waals surface area contributed by atoms with Gasteiger partial charge in [-0.25, -0.2) is 8.42 Å². The summed E-state index contributed by atoms with van der Waals surface area (Å²) in [7, 11) is -1.93. The van der Waals surface area contributed by atoms with E-state index < -0.39 is 10.0 Å². The maximum absolute atomic E-state index is 12.3. The predicted octanol–water partition coefficient (Wildman–Crippen LogP) is 3.09. The Bertz CT molecular complexity index is 592. The van der Waals surface area contributed by atoms with Crippen molar-refractivity contribution in [1.82, 2.24) is 4.31 Å². The fourth-order valence-electron chi connectivity index (χ4n) is 1.80. The zero-order valence-corrected chi connectivity index (χ0v) is 14.8. The minimum Gasteiger partial charge on any atom is -0.326 e. The van der Waals surface area contributed by atoms with E-state index in [0.717, 1.165) is 6.42 Å². The fraction of sp³-hybridized carbons (Fsp3) is 0.562. The lowest BCUT2D eigenvalue weighted by Crippen LogP contribution is -2.33. The van der Waals surface area contributed by atoms with E-state index in [1.54, 1.807) is 19.2 Å². The molecule has 6 heteroatoms. The number of nitrogens with zero attached hydrogens (tertiary/aromatic N) is 1. The lowest BCUT2D eigenvalue weighted by atomic mass is 10.1. The molecule has 0 aliphatic heterocycles. The highest BCUT2D eigenvalue weighted by Crippen LogP contribution is 2.19. The van der Waals surface area contributed by atoms with Crippen LogP contribution in [0.3, 0.4) is 0 Å². The molecule has 0 radical (unpaired) electrons. The van der Waals surface area contributed by atoms with Gasteiger partial charge in [0, 0.05) is 25.2 Å². The summed E-state index contributed by atoms with van der Waals surface area (Å²) in [4.78, 5) is 12.0. The van der Waals surface area contributed by atoms with Crippen molar-refractivity contribution in [3.8, 4) is 0 Å². The molecule has 1 amide bonds. The van der Waals surface area contributed by atoms with E-state index in [2.05, 4.69) is 19.2 Å². The van der Waals surface area contributed by atoms with Gasteiger partial charge in [0.25, 0.3) is 0 Å². The molecule has 124 valence electrons. The molecule has 0 aliphatic carbocycles. The van der Waals surface area contributed by atoms with Gasteiger partial charge < -0.3 is 5.32 Å². The molecule has 1 aromatic rings. The first-order valence-corrected chi connectivity index (χ1v) is 8.96. The number of rotatable bonds is 7. The Balaban J connectivity index is 2.77. The molecular formula is C16H26N2O3S. The zero-order valence-electron chi connectivity index (χ0n) is 14.0. The minimum atomic E-state index is -3.48. The van der Waals surface area contributed by atoms with Gasteiger partial charge in [-0.2, -0.15) is 4.31 Å². The topological polar surface area (TPSA) is 66.5 Å². The molecule has 0 heterocycles. The maximum Gasteiger partial charge on any atom is 0.243 e. The largest absolute Gasteiger partial charge is 0.326 e. The summed E-state index contributed by atoms with van der Waals surface area (Å²) >= 11 is 0. The molecule has 0 aromatic heterocycles. The molecule has 1 aromatic carbocycles. The third kappa shape index (κ3) is 5.10. The summed E-state index contributed by atoms with van der Waals surface area (Å²) in [6.45, 7) is 7.78. The van der Waals surface area contributed by atoms with Gasteiger partial charge in [-0.15, -0.1) is 0 Å². The number of hydrogen-bond donors (Lipinski definition) is 1. The second kappa shape index (κ2) is 7.74. The summed E-state index contributed by atoms with van der Waals surface area (Å²) < 4.78 is 26.0. The van der Waals surface area contributed by atoms with Crippen molar-refractivity contribution < 1.29 is 13.2 Å². The smallest absolute Gasteiger partial charge is 0.243 e. The minimum absolute atomic E-state index is 0.0522. The Hall–Kier alpha value is -1.40. The standard InChI is InChI=1S/C16H26N2O3S/c1-12(2)6-11-16(19)17-14-7-9-15(10-8-14)22(20,21)18(5)13(3)4/h7-10,12-13H,6,11H2,1-5H3,(H,17,19). The quantitative estimate of drug-likeness (QED) is 0.837. The molecule has 0 aliphatic rings. The molecule has 0 saturated heterocycles. The summed E-state index contributed by atoms with van der Waals surface area (Å²) in [5.74, 6) is 0.424. The molecule has 0 fully saturated rings. The number of amides is 1. The average molecular weight is 326 g/mol. The lowest BCUT2D eigenvalue weighted by molar-refractivity contribution is -0.116. The van der Waals surface area contributed by atoms with Crippen LogP contribution in [-0.2, 0) is 14.8 Å². The third-order valence-electron chi connectivity index (χ3n) is 3.49. The molecule has 0 atom stereocenters. The van der Waals surface area contributed by atoms with Gasteiger partial charge in [-0.1, -0.05) is 13.8 Å². The lowest BCUT2D eigenvalue weighted by Gasteiger charge is -2.21. The van der Waals surface area contributed by atoms with Crippen molar-refractivity contribution in [3.05, 3.63) is 24.3 Å². The molecular weight excluding hydrogens is 300 g/mol. The molecule has 22 heavy (non-hydrogen) atoms. The van der Waals surface area contributed by atoms with Gasteiger partial charge >= 0.3 is 0 Å². The van der Waals surface area contributed by atoms with E-state index in [-0.39, 0.29) is 16.8 Å². The highest BCUT2D eigenvalue weighted by Gasteiger charge is 2.22. The van der Waals surface area contributed by atoms with Crippen LogP contribution in [0.2, 0.25) is 0 Å². The van der Waals surface area contributed by atoms with Crippen molar-refractivity contribution >= 4 is 21.6 Å². The summed E-state index contributed by atoms with van der Waals surface area (Å²) in [6, 6.07) is 6.17. The monoisotopic (exact) mass is 326 g/mol. The van der Waals surface area contributed by atoms with Crippen LogP contribution in [0.4, 0.5) is 5.69 Å². The van der Waals surface area contributed by atoms with Crippen molar-refractivity contribution in [3.63, 3.8) is 0 Å². The fourth-order valence-corrected chi connectivity index (χ4v) is 3.16. The van der Waals surface area contributed by atoms with Gasteiger partial charge in [0.15, 0.2) is 0 Å². The Kier molecular flexibility index (Phi) is 6.56. The van der Waals surface area contributed by atoms with Crippen LogP contribution in [0.1, 0.15) is 40.5 Å². The normalized spacial score (nSPS) is 12.2. The Morgan fingerprint density at radius 2 is 1.68 bits per heavy atom. The van der Waals surface area contributed by atoms with Crippen molar-refractivity contribution in [2.24, 2.45) is 5.92 Å². The second-order valence-corrected chi connectivity index (χ2v) is 8.12. The molecule has 0 saturated carbocycles. The molecule has 5 nitrogen and oxygen atoms in total. The first-order valence-electron chi connectivity index (χ1n) is 7.52. The number of anilines is 1. The van der Waals surface area contributed by atoms with E-state index in [4.69, 9.17) is 0 Å². The van der Waals surface area contributed by atoms with E-state index in [1.165, 1.54) is 16.4 Å². The number of sulfonamides is 1. The van der Waals surface area contributed by atoms with E-state index in [1.807, 2.05) is 13.8 Å². The number of benzene rings is 1. The Morgan fingerprint density at radius 1 is 1.14 bits per heavy atom. The van der Waals surface area contributed by atoms with Crippen LogP contribution in [0.25, 0.3) is 0 Å². The Morgan fingerprint density at radius 3 is 2.14 bits per heavy atom. The average Bonchev–Trinajstić information content (AvgIpc) is 2.44. The highest BCUT2D eigenvalue weighted by molar-refractivity contribution is 7.89. The summed E-state index contributed by atoms with van der Waals surface area (Å²) in [6.07, 6.45) is 1.30. The van der Waals surface area contributed by atoms with Crippen LogP contribution in [0.15, 0.2) is 29.2 Å². The van der Waals surface area contributed by atoms with Crippen LogP contribution < -0.4 is 5.32 Å². The van der Waals surface area contributed by atoms with E-state index in [9.17, 15) is 13.2 Å². The molecule has 1 rings (SSSR count). The van der Waals surface area contributed by atoms with Crippen LogP contribution in [0, 0.1) is 5.92 Å². The number of carbonyl (C=O) groups excluding carboxylic acids is 1. The molecule has 0 bridgehead atoms. The first-order chi connectivity index (χ1) is 10.1. The van der Waals surface area contributed by atoms with Gasteiger partial charge in [0.05, 0.1) is 4.90 Å². The van der Waals surface area contributed by atoms with Crippen molar-refractivity contribution in [2.45, 2.75) is 51.5 Å². The molecule has 0 unspecified atom stereocenters. The summed E-state index contributed by atoms with van der Waals surface area (Å²) in [5, 5.41) is 2.78. The second-order valence-electron chi connectivity index (χ2n) is 6.12. The van der Waals surface area contributed by atoms with E-state index >= 15 is 0 Å². The van der Waals surface area contributed by atoms with Gasteiger partial charge in [0.1, 0.15) is 0 Å². The zero-order chi connectivity index (χ0) is 16.9. The summed E-state index contributed by atoms with van der Waals surface area (Å²) in [5.41, 5.74) is 0.611. The highest BCUT2D eigenvalue weighted by atomic mass is 32.2. The maximum atomic E-state index is 12.3. The van der Waals surface area contributed by atoms with Crippen LogP contribution >= 0.6 is 0 Å². The van der Waals surface area contributed by atoms with Crippen molar-refractivity contribution in [1.29, 1.82) is 0 Å². The van der Waals surface area contributed by atoms with Crippen LogP contribution in [0.5, 0.6) is 0 Å². The molecule has 1 N–H and O–H groups in total. The van der Waals surface area contributed by atoms with Gasteiger partial charge in [0.2, 0.25) is 15.9 Å². The number of carbonyl (C=O) groups is 1. The SMILES string of the molecule is CC(C)CCC(=O)Nc1ccc(S(=O)(=O)N(C)C(C)C)cc1.